The molecule has 2 N–H and O–H groups in total. The minimum absolute atomic E-state index is 0.0876. The maximum atomic E-state index is 14.1. The monoisotopic (exact) mass is 805 g/mol. The highest BCUT2D eigenvalue weighted by atomic mass is 35.5. The molecule has 15 heteroatoms. The van der Waals surface area contributed by atoms with Gasteiger partial charge in [0.2, 0.25) is 5.91 Å². The molecule has 14 nitrogen and oxygen atoms in total. The summed E-state index contributed by atoms with van der Waals surface area (Å²) in [5.41, 5.74) is 8.63. The van der Waals surface area contributed by atoms with E-state index < -0.39 is 11.9 Å². The van der Waals surface area contributed by atoms with Gasteiger partial charge in [-0.05, 0) is 112 Å². The molecule has 6 heterocycles. The fourth-order valence-electron chi connectivity index (χ4n) is 10.4. The number of aromatic nitrogens is 2. The van der Waals surface area contributed by atoms with E-state index in [0.29, 0.717) is 78.5 Å². The molecule has 1 aromatic heterocycles. The number of benzene rings is 2. The van der Waals surface area contributed by atoms with Crippen LogP contribution in [0.2, 0.25) is 5.02 Å². The van der Waals surface area contributed by atoms with Crippen LogP contribution in [0.1, 0.15) is 96.2 Å². The van der Waals surface area contributed by atoms with Crippen molar-refractivity contribution in [1.29, 1.82) is 5.26 Å². The number of anilines is 2. The number of ether oxygens (including phenoxy) is 1. The highest BCUT2D eigenvalue weighted by Gasteiger charge is 2.46. The van der Waals surface area contributed by atoms with Crippen LogP contribution in [0.3, 0.4) is 0 Å². The lowest BCUT2D eigenvalue weighted by Crippen LogP contribution is -2.58. The van der Waals surface area contributed by atoms with Crippen molar-refractivity contribution in [1.82, 2.24) is 24.9 Å². The molecule has 4 amide bonds. The fraction of sp³-hybridized carbons (Fsp3) is 0.512. The second-order valence-corrected chi connectivity index (χ2v) is 17.2. The minimum atomic E-state index is -0.669. The third-order valence-electron chi connectivity index (χ3n) is 13.3. The van der Waals surface area contributed by atoms with Crippen molar-refractivity contribution < 1.29 is 23.9 Å². The minimum Gasteiger partial charge on any atom is -0.490 e. The molecule has 5 aliphatic heterocycles. The van der Waals surface area contributed by atoms with E-state index in [0.717, 1.165) is 75.5 Å². The highest BCUT2D eigenvalue weighted by molar-refractivity contribution is 6.31. The number of piperazine rings is 1. The number of halogens is 1. The number of amides is 4. The summed E-state index contributed by atoms with van der Waals surface area (Å²) in [6.07, 6.45) is 7.49. The first-order chi connectivity index (χ1) is 28.1. The maximum Gasteiger partial charge on any atom is 0.269 e. The van der Waals surface area contributed by atoms with Crippen LogP contribution in [0.4, 0.5) is 11.5 Å². The molecule has 6 aliphatic rings. The molecule has 5 fully saturated rings. The van der Waals surface area contributed by atoms with Gasteiger partial charge < -0.3 is 25.2 Å². The topological polar surface area (TPSA) is 169 Å². The van der Waals surface area contributed by atoms with Crippen molar-refractivity contribution in [2.24, 2.45) is 11.7 Å². The lowest BCUT2D eigenvalue weighted by atomic mass is 9.89. The molecule has 302 valence electrons. The number of carbonyl (C=O) groups is 4. The molecule has 1 aliphatic carbocycles. The van der Waals surface area contributed by atoms with Crippen molar-refractivity contribution in [3.05, 3.63) is 75.9 Å². The van der Waals surface area contributed by atoms with Crippen LogP contribution >= 0.6 is 11.6 Å². The zero-order valence-electron chi connectivity index (χ0n) is 32.5. The van der Waals surface area contributed by atoms with E-state index in [1.165, 1.54) is 4.90 Å². The van der Waals surface area contributed by atoms with Crippen LogP contribution in [-0.2, 0) is 16.1 Å². The van der Waals surface area contributed by atoms with Gasteiger partial charge in [0.1, 0.15) is 17.9 Å². The van der Waals surface area contributed by atoms with E-state index in [1.807, 2.05) is 12.1 Å². The summed E-state index contributed by atoms with van der Waals surface area (Å²) in [7, 11) is 0. The van der Waals surface area contributed by atoms with Crippen LogP contribution < -0.4 is 20.3 Å². The molecule has 0 spiro atoms. The average molecular weight is 806 g/mol. The maximum absolute atomic E-state index is 14.1. The summed E-state index contributed by atoms with van der Waals surface area (Å²) in [5, 5.41) is 17.7. The standard InChI is InChI=1S/C43H48ClN9O5/c44-36-20-34(7-1-27(36)21-45)58-33-8-4-29(5-9-33)53-40(54)14-12-38(43(53)57)51-23-28-19-30(6-10-35(28)42(51)56)52-31-2-3-32(52)25-49(24-31)22-26-15-17-50(18-16-26)39-13-11-37(41(46)55)47-48-39/h1,6-7,10-11,13,19-20,26,29,31-33,38H,2-5,8-9,12,14-18,22-25H2,(H2,46,55)/t29?,31-,32-,33?,38-/m1/s1. The number of carbonyl (C=O) groups excluding carboxylic acids is 4. The van der Waals surface area contributed by atoms with Gasteiger partial charge in [-0.25, -0.2) is 0 Å². The quantitative estimate of drug-likeness (QED) is 0.302. The molecule has 0 radical (unpaired) electrons. The summed E-state index contributed by atoms with van der Waals surface area (Å²) in [4.78, 5) is 63.2. The Labute approximate surface area is 342 Å². The van der Waals surface area contributed by atoms with Gasteiger partial charge >= 0.3 is 0 Å². The van der Waals surface area contributed by atoms with Gasteiger partial charge in [-0.3, -0.25) is 29.0 Å². The van der Waals surface area contributed by atoms with Crippen LogP contribution in [0, 0.1) is 17.2 Å². The number of fused-ring (bicyclic) bond motifs is 3. The van der Waals surface area contributed by atoms with E-state index in [1.54, 1.807) is 29.2 Å². The van der Waals surface area contributed by atoms with E-state index >= 15 is 0 Å². The lowest BCUT2D eigenvalue weighted by Gasteiger charge is -2.44. The van der Waals surface area contributed by atoms with Gasteiger partial charge in [-0.2, -0.15) is 5.26 Å². The first-order valence-electron chi connectivity index (χ1n) is 20.7. The molecule has 3 atom stereocenters. The van der Waals surface area contributed by atoms with Crippen molar-refractivity contribution in [3.8, 4) is 11.8 Å². The zero-order chi connectivity index (χ0) is 40.1. The number of piperidine rings is 2. The van der Waals surface area contributed by atoms with Crippen molar-refractivity contribution in [2.45, 2.75) is 101 Å². The number of nitrogens with two attached hydrogens (primary N) is 1. The number of hydrogen-bond donors (Lipinski definition) is 1. The second kappa shape index (κ2) is 15.8. The van der Waals surface area contributed by atoms with E-state index in [4.69, 9.17) is 22.1 Å². The Hall–Kier alpha value is -5.26. The lowest BCUT2D eigenvalue weighted by molar-refractivity contribution is -0.156. The van der Waals surface area contributed by atoms with E-state index in [-0.39, 0.29) is 42.0 Å². The largest absolute Gasteiger partial charge is 0.490 e. The van der Waals surface area contributed by atoms with Gasteiger partial charge in [0.05, 0.1) is 16.7 Å². The molecule has 9 rings (SSSR count). The van der Waals surface area contributed by atoms with E-state index in [9.17, 15) is 24.4 Å². The number of nitrogens with zero attached hydrogens (tertiary/aromatic N) is 8. The van der Waals surface area contributed by atoms with Crippen molar-refractivity contribution in [2.75, 3.05) is 42.5 Å². The highest BCUT2D eigenvalue weighted by Crippen LogP contribution is 2.39. The van der Waals surface area contributed by atoms with Gasteiger partial charge in [-0.1, -0.05) is 11.6 Å². The van der Waals surface area contributed by atoms with E-state index in [2.05, 4.69) is 43.1 Å². The van der Waals surface area contributed by atoms with Crippen molar-refractivity contribution in [3.63, 3.8) is 0 Å². The third kappa shape index (κ3) is 7.34. The summed E-state index contributed by atoms with van der Waals surface area (Å²) in [6.45, 7) is 5.27. The zero-order valence-corrected chi connectivity index (χ0v) is 33.2. The molecule has 4 saturated heterocycles. The van der Waals surface area contributed by atoms with Crippen LogP contribution in [-0.4, -0.2) is 112 Å². The molecule has 58 heavy (non-hydrogen) atoms. The molecule has 3 aromatic rings. The second-order valence-electron chi connectivity index (χ2n) is 16.8. The smallest absolute Gasteiger partial charge is 0.269 e. The Morgan fingerprint density at radius 2 is 1.62 bits per heavy atom. The predicted molar refractivity (Wildman–Crippen MR) is 215 cm³/mol. The number of nitriles is 1. The Balaban J connectivity index is 0.789. The van der Waals surface area contributed by atoms with Gasteiger partial charge in [0.15, 0.2) is 11.5 Å². The molecule has 0 unspecified atom stereocenters. The Morgan fingerprint density at radius 1 is 0.879 bits per heavy atom. The first kappa shape index (κ1) is 38.3. The van der Waals surface area contributed by atoms with Crippen molar-refractivity contribution >= 4 is 46.7 Å². The summed E-state index contributed by atoms with van der Waals surface area (Å²) < 4.78 is 6.15. The van der Waals surface area contributed by atoms with Gasteiger partial charge in [0, 0.05) is 81.1 Å². The Bertz CT molecular complexity index is 2130. The Morgan fingerprint density at radius 3 is 2.29 bits per heavy atom. The van der Waals surface area contributed by atoms with Crippen LogP contribution in [0.15, 0.2) is 48.5 Å². The van der Waals surface area contributed by atoms with Crippen LogP contribution in [0.5, 0.6) is 5.75 Å². The number of imide groups is 1. The SMILES string of the molecule is N#Cc1ccc(OC2CCC(N3C(=O)CC[C@@H](N4Cc5cc(N6[C@@H]7CC[C@@H]6CN(CC6CCN(c8ccc(C(N)=O)nn8)CC6)C7)ccc5C4=O)C3=O)CC2)cc1Cl. The van der Waals surface area contributed by atoms with Gasteiger partial charge in [-0.15, -0.1) is 10.2 Å². The fourth-order valence-corrected chi connectivity index (χ4v) is 10.6. The molecule has 2 aromatic carbocycles. The normalized spacial score (nSPS) is 26.6. The predicted octanol–water partition coefficient (Wildman–Crippen LogP) is 4.53. The number of hydrogen-bond acceptors (Lipinski definition) is 11. The summed E-state index contributed by atoms with van der Waals surface area (Å²) in [6, 6.07) is 16.6. The summed E-state index contributed by atoms with van der Waals surface area (Å²) in [5.74, 6) is 0.835. The number of rotatable bonds is 9. The number of primary amides is 1. The van der Waals surface area contributed by atoms with Gasteiger partial charge in [0.25, 0.3) is 17.7 Å². The first-order valence-corrected chi connectivity index (χ1v) is 21.1. The Kier molecular flexibility index (Phi) is 10.4. The molecule has 1 saturated carbocycles. The average Bonchev–Trinajstić information content (AvgIpc) is 3.70. The number of likely N-dealkylation sites (tertiary alicyclic amines) is 2. The molecular weight excluding hydrogens is 758 g/mol. The molecule has 2 bridgehead atoms. The summed E-state index contributed by atoms with van der Waals surface area (Å²) >= 11 is 6.20. The molecular formula is C43H48ClN9O5. The third-order valence-corrected chi connectivity index (χ3v) is 13.6. The van der Waals surface area contributed by atoms with Crippen LogP contribution in [0.25, 0.3) is 0 Å².